The molecule has 3 rings (SSSR count). The molecule has 0 bridgehead atoms. The second-order valence-electron chi connectivity index (χ2n) is 6.35. The van der Waals surface area contributed by atoms with E-state index in [2.05, 4.69) is 0 Å². The van der Waals surface area contributed by atoms with E-state index >= 15 is 0 Å². The SMILES string of the molecule is Cl.O=C(CN1CC(CS(=O)(=O)c2ccc(F)cc2F)C1)c1ccc(F)cc1. The van der Waals surface area contributed by atoms with E-state index in [9.17, 15) is 26.4 Å². The molecule has 1 heterocycles. The van der Waals surface area contributed by atoms with Crippen LogP contribution in [0.1, 0.15) is 10.4 Å². The second-order valence-corrected chi connectivity index (χ2v) is 8.35. The van der Waals surface area contributed by atoms with Gasteiger partial charge in [0, 0.05) is 24.7 Å². The highest BCUT2D eigenvalue weighted by Crippen LogP contribution is 2.24. The average Bonchev–Trinajstić information content (AvgIpc) is 2.52. The fourth-order valence-electron chi connectivity index (χ4n) is 2.97. The molecule has 0 aromatic heterocycles. The van der Waals surface area contributed by atoms with Crippen LogP contribution in [0.5, 0.6) is 0 Å². The van der Waals surface area contributed by atoms with Gasteiger partial charge in [-0.05, 0) is 42.3 Å². The molecular weight excluding hydrogens is 403 g/mol. The van der Waals surface area contributed by atoms with E-state index in [1.54, 1.807) is 4.90 Å². The van der Waals surface area contributed by atoms with E-state index in [4.69, 9.17) is 0 Å². The van der Waals surface area contributed by atoms with Gasteiger partial charge in [0.2, 0.25) is 0 Å². The van der Waals surface area contributed by atoms with E-state index in [0.717, 1.165) is 12.1 Å². The van der Waals surface area contributed by atoms with Crippen LogP contribution in [-0.4, -0.2) is 44.5 Å². The maximum Gasteiger partial charge on any atom is 0.181 e. The number of Topliss-reactive ketones (excluding diaryl/α,β-unsaturated/α-hetero) is 1. The lowest BCUT2D eigenvalue weighted by Gasteiger charge is -2.38. The summed E-state index contributed by atoms with van der Waals surface area (Å²) in [5.41, 5.74) is 0.385. The molecule has 0 spiro atoms. The van der Waals surface area contributed by atoms with Gasteiger partial charge in [-0.2, -0.15) is 0 Å². The Bertz CT molecular complexity index is 929. The maximum absolute atomic E-state index is 13.7. The minimum atomic E-state index is -3.87. The highest BCUT2D eigenvalue weighted by atomic mass is 35.5. The fraction of sp³-hybridized carbons (Fsp3) is 0.278. The van der Waals surface area contributed by atoms with Crippen molar-refractivity contribution in [1.29, 1.82) is 0 Å². The topological polar surface area (TPSA) is 54.5 Å². The van der Waals surface area contributed by atoms with E-state index in [0.29, 0.717) is 24.7 Å². The number of likely N-dealkylation sites (tertiary alicyclic amines) is 1. The predicted octanol–water partition coefficient (Wildman–Crippen LogP) is 3.11. The summed E-state index contributed by atoms with van der Waals surface area (Å²) in [6, 6.07) is 7.58. The lowest BCUT2D eigenvalue weighted by molar-refractivity contribution is 0.0771. The van der Waals surface area contributed by atoms with Crippen LogP contribution in [-0.2, 0) is 9.84 Å². The Hall–Kier alpha value is -1.90. The quantitative estimate of drug-likeness (QED) is 0.533. The largest absolute Gasteiger partial charge is 0.295 e. The number of hydrogen-bond acceptors (Lipinski definition) is 4. The highest BCUT2D eigenvalue weighted by Gasteiger charge is 2.33. The van der Waals surface area contributed by atoms with E-state index in [1.165, 1.54) is 24.3 Å². The molecule has 0 saturated carbocycles. The first kappa shape index (κ1) is 21.4. The van der Waals surface area contributed by atoms with Crippen LogP contribution < -0.4 is 0 Å². The third-order valence-electron chi connectivity index (χ3n) is 4.25. The van der Waals surface area contributed by atoms with Gasteiger partial charge < -0.3 is 0 Å². The van der Waals surface area contributed by atoms with Gasteiger partial charge in [-0.25, -0.2) is 21.6 Å². The van der Waals surface area contributed by atoms with Crippen molar-refractivity contribution in [3.8, 4) is 0 Å². The second kappa shape index (κ2) is 8.41. The summed E-state index contributed by atoms with van der Waals surface area (Å²) >= 11 is 0. The van der Waals surface area contributed by atoms with Gasteiger partial charge in [0.05, 0.1) is 12.3 Å². The number of rotatable bonds is 6. The van der Waals surface area contributed by atoms with E-state index in [-0.39, 0.29) is 36.4 Å². The molecule has 0 atom stereocenters. The molecule has 4 nitrogen and oxygen atoms in total. The van der Waals surface area contributed by atoms with Crippen molar-refractivity contribution >= 4 is 28.0 Å². The van der Waals surface area contributed by atoms with Crippen molar-refractivity contribution in [2.24, 2.45) is 5.92 Å². The fourth-order valence-corrected chi connectivity index (χ4v) is 4.61. The number of hydrogen-bond donors (Lipinski definition) is 0. The summed E-state index contributed by atoms with van der Waals surface area (Å²) in [5, 5.41) is 0. The van der Waals surface area contributed by atoms with Gasteiger partial charge >= 0.3 is 0 Å². The summed E-state index contributed by atoms with van der Waals surface area (Å²) < 4.78 is 64.0. The third kappa shape index (κ3) is 5.09. The van der Waals surface area contributed by atoms with Crippen LogP contribution in [0.15, 0.2) is 47.4 Å². The summed E-state index contributed by atoms with van der Waals surface area (Å²) in [5.74, 6) is -3.05. The smallest absolute Gasteiger partial charge is 0.181 e. The van der Waals surface area contributed by atoms with Crippen molar-refractivity contribution in [2.75, 3.05) is 25.4 Å². The maximum atomic E-state index is 13.7. The Balaban J connectivity index is 0.00000261. The monoisotopic (exact) mass is 419 g/mol. The van der Waals surface area contributed by atoms with Crippen LogP contribution >= 0.6 is 12.4 Å². The molecule has 0 radical (unpaired) electrons. The normalized spacial score (nSPS) is 15.1. The molecule has 0 N–H and O–H groups in total. The number of sulfone groups is 1. The van der Waals surface area contributed by atoms with Crippen LogP contribution in [0.25, 0.3) is 0 Å². The molecule has 2 aromatic carbocycles. The summed E-state index contributed by atoms with van der Waals surface area (Å²) in [4.78, 5) is 13.3. The molecule has 0 amide bonds. The molecule has 1 aliphatic rings. The first-order valence-electron chi connectivity index (χ1n) is 7.93. The zero-order chi connectivity index (χ0) is 18.9. The number of benzene rings is 2. The lowest BCUT2D eigenvalue weighted by Crippen LogP contribution is -2.51. The lowest BCUT2D eigenvalue weighted by atomic mass is 10.0. The molecule has 1 saturated heterocycles. The minimum Gasteiger partial charge on any atom is -0.295 e. The average molecular weight is 420 g/mol. The van der Waals surface area contributed by atoms with Gasteiger partial charge in [0.15, 0.2) is 15.6 Å². The Labute approximate surface area is 161 Å². The molecule has 1 aliphatic heterocycles. The molecule has 27 heavy (non-hydrogen) atoms. The number of nitrogens with zero attached hydrogens (tertiary/aromatic N) is 1. The molecule has 0 unspecified atom stereocenters. The number of ketones is 1. The van der Waals surface area contributed by atoms with Crippen LogP contribution in [0, 0.1) is 23.4 Å². The van der Waals surface area contributed by atoms with Gasteiger partial charge in [-0.1, -0.05) is 0 Å². The molecule has 2 aromatic rings. The van der Waals surface area contributed by atoms with Gasteiger partial charge in [-0.3, -0.25) is 9.69 Å². The van der Waals surface area contributed by atoms with Gasteiger partial charge in [0.1, 0.15) is 22.3 Å². The Morgan fingerprint density at radius 3 is 2.19 bits per heavy atom. The van der Waals surface area contributed by atoms with Crippen molar-refractivity contribution in [2.45, 2.75) is 4.90 Å². The summed E-state index contributed by atoms with van der Waals surface area (Å²) in [6.45, 7) is 0.872. The molecular formula is C18H17ClF3NO3S. The van der Waals surface area contributed by atoms with Crippen LogP contribution in [0.4, 0.5) is 13.2 Å². The minimum absolute atomic E-state index is 0. The zero-order valence-corrected chi connectivity index (χ0v) is 15.7. The predicted molar refractivity (Wildman–Crippen MR) is 96.3 cm³/mol. The van der Waals surface area contributed by atoms with Gasteiger partial charge in [-0.15, -0.1) is 12.4 Å². The van der Waals surface area contributed by atoms with Crippen molar-refractivity contribution in [1.82, 2.24) is 4.90 Å². The van der Waals surface area contributed by atoms with E-state index in [1.807, 2.05) is 0 Å². The molecule has 0 aliphatic carbocycles. The third-order valence-corrected chi connectivity index (χ3v) is 6.16. The van der Waals surface area contributed by atoms with E-state index < -0.39 is 32.2 Å². The van der Waals surface area contributed by atoms with Crippen molar-refractivity contribution in [3.63, 3.8) is 0 Å². The standard InChI is InChI=1S/C18H16F3NO3S.ClH/c19-14-3-1-13(2-4-14)17(23)10-22-8-12(9-22)11-26(24,25)18-6-5-15(20)7-16(18)21;/h1-7,12H,8-11H2;1H. The first-order valence-corrected chi connectivity index (χ1v) is 9.59. The van der Waals surface area contributed by atoms with Crippen molar-refractivity contribution < 1.29 is 26.4 Å². The molecule has 1 fully saturated rings. The Morgan fingerprint density at radius 1 is 1.00 bits per heavy atom. The zero-order valence-electron chi connectivity index (χ0n) is 14.1. The molecule has 146 valence electrons. The van der Waals surface area contributed by atoms with Crippen LogP contribution in [0.2, 0.25) is 0 Å². The first-order chi connectivity index (χ1) is 12.2. The van der Waals surface area contributed by atoms with Crippen LogP contribution in [0.3, 0.4) is 0 Å². The number of halogens is 4. The molecule has 9 heteroatoms. The Kier molecular flexibility index (Phi) is 6.67. The summed E-state index contributed by atoms with van der Waals surface area (Å²) in [7, 11) is -3.87. The summed E-state index contributed by atoms with van der Waals surface area (Å²) in [6.07, 6.45) is 0. The number of carbonyl (C=O) groups is 1. The van der Waals surface area contributed by atoms with Crippen molar-refractivity contribution in [3.05, 3.63) is 65.5 Å². The highest BCUT2D eigenvalue weighted by molar-refractivity contribution is 7.91. The Morgan fingerprint density at radius 2 is 1.59 bits per heavy atom. The number of carbonyl (C=O) groups excluding carboxylic acids is 1. The van der Waals surface area contributed by atoms with Gasteiger partial charge in [0.25, 0.3) is 0 Å².